The maximum absolute atomic E-state index is 11.7. The van der Waals surface area contributed by atoms with Gasteiger partial charge in [-0.15, -0.1) is 0 Å². The lowest BCUT2D eigenvalue weighted by Gasteiger charge is -2.18. The number of nitrogens with two attached hydrogens (primary N) is 1. The first-order valence-electron chi connectivity index (χ1n) is 5.94. The van der Waals surface area contributed by atoms with Crippen molar-refractivity contribution in [3.63, 3.8) is 0 Å². The summed E-state index contributed by atoms with van der Waals surface area (Å²) in [5, 5.41) is 2.47. The van der Waals surface area contributed by atoms with E-state index >= 15 is 0 Å². The molecule has 0 radical (unpaired) electrons. The van der Waals surface area contributed by atoms with E-state index in [4.69, 9.17) is 5.73 Å². The number of hydrogen-bond donors (Lipinski definition) is 2. The molecule has 1 amide bonds. The van der Waals surface area contributed by atoms with Gasteiger partial charge in [0.05, 0.1) is 0 Å². The molecule has 0 spiro atoms. The van der Waals surface area contributed by atoms with Crippen LogP contribution in [-0.4, -0.2) is 33.7 Å². The molecule has 2 atom stereocenters. The zero-order chi connectivity index (χ0) is 12.6. The Balaban J connectivity index is 4.11. The summed E-state index contributed by atoms with van der Waals surface area (Å²) in [5.74, 6) is 0.401. The normalized spacial score (nSPS) is 14.8. The van der Waals surface area contributed by atoms with Crippen molar-refractivity contribution in [2.24, 2.45) is 5.73 Å². The van der Waals surface area contributed by atoms with Gasteiger partial charge >= 0.3 is 0 Å². The van der Waals surface area contributed by atoms with Gasteiger partial charge < -0.3 is 11.1 Å². The van der Waals surface area contributed by atoms with Crippen LogP contribution in [0.1, 0.15) is 40.0 Å². The summed E-state index contributed by atoms with van der Waals surface area (Å²) in [6.45, 7) is 6.30. The second-order valence-electron chi connectivity index (χ2n) is 3.89. The molecule has 96 valence electrons. The predicted octanol–water partition coefficient (Wildman–Crippen LogP) is 0.777. The molecule has 3 N–H and O–H groups in total. The van der Waals surface area contributed by atoms with Crippen molar-refractivity contribution in [2.75, 3.05) is 12.3 Å². The van der Waals surface area contributed by atoms with E-state index in [0.717, 1.165) is 12.8 Å². The molecule has 0 saturated carbocycles. The van der Waals surface area contributed by atoms with Crippen LogP contribution in [0.4, 0.5) is 0 Å². The lowest BCUT2D eigenvalue weighted by molar-refractivity contribution is -0.121. The maximum atomic E-state index is 11.7. The molecule has 0 aromatic carbocycles. The van der Waals surface area contributed by atoms with Crippen molar-refractivity contribution in [1.82, 2.24) is 5.32 Å². The maximum Gasteiger partial charge on any atom is 0.235 e. The zero-order valence-electron chi connectivity index (χ0n) is 10.5. The van der Waals surface area contributed by atoms with Gasteiger partial charge in [-0.2, -0.15) is 0 Å². The zero-order valence-corrected chi connectivity index (χ0v) is 11.3. The van der Waals surface area contributed by atoms with Crippen LogP contribution < -0.4 is 11.1 Å². The van der Waals surface area contributed by atoms with Gasteiger partial charge in [-0.3, -0.25) is 9.00 Å². The van der Waals surface area contributed by atoms with Crippen LogP contribution in [0, 0.1) is 0 Å². The first-order chi connectivity index (χ1) is 7.56. The topological polar surface area (TPSA) is 72.2 Å². The molecule has 0 saturated heterocycles. The van der Waals surface area contributed by atoms with Crippen molar-refractivity contribution in [3.05, 3.63) is 0 Å². The van der Waals surface area contributed by atoms with Gasteiger partial charge in [-0.05, 0) is 32.7 Å². The van der Waals surface area contributed by atoms with E-state index < -0.39 is 16.0 Å². The SMILES string of the molecule is CCC(CC)NC(=O)C(C)S(=O)CCCN. The van der Waals surface area contributed by atoms with E-state index in [9.17, 15) is 9.00 Å². The number of carbonyl (C=O) groups is 1. The van der Waals surface area contributed by atoms with E-state index in [0.29, 0.717) is 18.7 Å². The van der Waals surface area contributed by atoms with Crippen LogP contribution in [0.25, 0.3) is 0 Å². The molecule has 2 unspecified atom stereocenters. The third-order valence-corrected chi connectivity index (χ3v) is 4.34. The number of rotatable bonds is 8. The fourth-order valence-corrected chi connectivity index (χ4v) is 2.44. The van der Waals surface area contributed by atoms with E-state index in [-0.39, 0.29) is 11.9 Å². The average Bonchev–Trinajstić information content (AvgIpc) is 2.31. The minimum absolute atomic E-state index is 0.107. The summed E-state index contributed by atoms with van der Waals surface area (Å²) < 4.78 is 11.7. The second kappa shape index (κ2) is 8.70. The first kappa shape index (κ1) is 15.6. The van der Waals surface area contributed by atoms with Crippen LogP contribution in [-0.2, 0) is 15.6 Å². The Morgan fingerprint density at radius 1 is 1.38 bits per heavy atom. The Bertz CT molecular complexity index is 230. The molecule has 0 aliphatic rings. The minimum atomic E-state index is -1.11. The average molecular weight is 248 g/mol. The fourth-order valence-electron chi connectivity index (χ4n) is 1.33. The van der Waals surface area contributed by atoms with Crippen molar-refractivity contribution in [2.45, 2.75) is 51.3 Å². The number of hydrogen-bond acceptors (Lipinski definition) is 3. The third kappa shape index (κ3) is 5.61. The fraction of sp³-hybridized carbons (Fsp3) is 0.909. The Hall–Kier alpha value is -0.420. The molecule has 0 aromatic heterocycles. The van der Waals surface area contributed by atoms with Gasteiger partial charge in [0.1, 0.15) is 5.25 Å². The highest BCUT2D eigenvalue weighted by molar-refractivity contribution is 7.86. The van der Waals surface area contributed by atoms with Gasteiger partial charge in [0.15, 0.2) is 0 Å². The van der Waals surface area contributed by atoms with Crippen LogP contribution in [0.3, 0.4) is 0 Å². The van der Waals surface area contributed by atoms with Gasteiger partial charge in [0, 0.05) is 22.6 Å². The molecular formula is C11H24N2O2S. The highest BCUT2D eigenvalue weighted by Crippen LogP contribution is 2.02. The highest BCUT2D eigenvalue weighted by atomic mass is 32.2. The van der Waals surface area contributed by atoms with E-state index in [2.05, 4.69) is 5.32 Å². The third-order valence-electron chi connectivity index (χ3n) is 2.65. The molecule has 5 heteroatoms. The van der Waals surface area contributed by atoms with E-state index in [1.54, 1.807) is 6.92 Å². The predicted molar refractivity (Wildman–Crippen MR) is 68.7 cm³/mol. The molecule has 0 aliphatic carbocycles. The molecule has 16 heavy (non-hydrogen) atoms. The van der Waals surface area contributed by atoms with Gasteiger partial charge in [0.25, 0.3) is 0 Å². The summed E-state index contributed by atoms with van der Waals surface area (Å²) in [6, 6.07) is 0.196. The van der Waals surface area contributed by atoms with Crippen molar-refractivity contribution in [3.8, 4) is 0 Å². The van der Waals surface area contributed by atoms with Crippen LogP contribution in [0.15, 0.2) is 0 Å². The van der Waals surface area contributed by atoms with Crippen LogP contribution in [0.5, 0.6) is 0 Å². The smallest absolute Gasteiger partial charge is 0.235 e. The Morgan fingerprint density at radius 3 is 2.38 bits per heavy atom. The molecule has 0 rings (SSSR count). The Morgan fingerprint density at radius 2 is 1.94 bits per heavy atom. The molecule has 0 bridgehead atoms. The lowest BCUT2D eigenvalue weighted by atomic mass is 10.2. The lowest BCUT2D eigenvalue weighted by Crippen LogP contribution is -2.41. The first-order valence-corrected chi connectivity index (χ1v) is 7.32. The number of carbonyl (C=O) groups excluding carboxylic acids is 1. The molecule has 0 aliphatic heterocycles. The molecular weight excluding hydrogens is 224 g/mol. The molecule has 4 nitrogen and oxygen atoms in total. The quantitative estimate of drug-likeness (QED) is 0.666. The van der Waals surface area contributed by atoms with Crippen LogP contribution >= 0.6 is 0 Å². The number of nitrogens with one attached hydrogen (secondary N) is 1. The van der Waals surface area contributed by atoms with Crippen LogP contribution in [0.2, 0.25) is 0 Å². The molecule has 0 aromatic rings. The summed E-state index contributed by atoms with van der Waals surface area (Å²) >= 11 is 0. The standard InChI is InChI=1S/C11H24N2O2S/c1-4-10(5-2)13-11(14)9(3)16(15)8-6-7-12/h9-10H,4-8,12H2,1-3H3,(H,13,14). The summed E-state index contributed by atoms with van der Waals surface area (Å²) in [5.41, 5.74) is 5.34. The molecule has 0 heterocycles. The Labute approximate surface area is 101 Å². The van der Waals surface area contributed by atoms with Crippen molar-refractivity contribution >= 4 is 16.7 Å². The molecule has 0 fully saturated rings. The van der Waals surface area contributed by atoms with Gasteiger partial charge in [0.2, 0.25) is 5.91 Å². The Kier molecular flexibility index (Phi) is 8.47. The monoisotopic (exact) mass is 248 g/mol. The van der Waals surface area contributed by atoms with Crippen molar-refractivity contribution < 1.29 is 9.00 Å². The van der Waals surface area contributed by atoms with Crippen molar-refractivity contribution in [1.29, 1.82) is 0 Å². The summed E-state index contributed by atoms with van der Waals surface area (Å²) in [4.78, 5) is 11.7. The largest absolute Gasteiger partial charge is 0.352 e. The van der Waals surface area contributed by atoms with E-state index in [1.807, 2.05) is 13.8 Å². The summed E-state index contributed by atoms with van der Waals surface area (Å²) in [6.07, 6.45) is 2.52. The summed E-state index contributed by atoms with van der Waals surface area (Å²) in [7, 11) is -1.11. The van der Waals surface area contributed by atoms with E-state index in [1.165, 1.54) is 0 Å². The van der Waals surface area contributed by atoms with Gasteiger partial charge in [-0.25, -0.2) is 0 Å². The number of amides is 1. The highest BCUT2D eigenvalue weighted by Gasteiger charge is 2.20. The second-order valence-corrected chi connectivity index (χ2v) is 5.77. The minimum Gasteiger partial charge on any atom is -0.352 e. The van der Waals surface area contributed by atoms with Gasteiger partial charge in [-0.1, -0.05) is 13.8 Å².